The van der Waals surface area contributed by atoms with E-state index in [2.05, 4.69) is 0 Å². The zero-order valence-corrected chi connectivity index (χ0v) is 13.0. The maximum atomic E-state index is 10.3. The minimum Gasteiger partial charge on any atom is -0.550 e. The summed E-state index contributed by atoms with van der Waals surface area (Å²) in [4.78, 5) is 20.4. The number of carbonyl (C=O) groups is 2. The summed E-state index contributed by atoms with van der Waals surface area (Å²) < 4.78 is 0. The molecule has 0 aliphatic heterocycles. The predicted octanol–water partition coefficient (Wildman–Crippen LogP) is -8.14. The monoisotopic (exact) mass is 222 g/mol. The van der Waals surface area contributed by atoms with Gasteiger partial charge in [0.1, 0.15) is 0 Å². The van der Waals surface area contributed by atoms with Gasteiger partial charge >= 0.3 is 59.1 Å². The van der Waals surface area contributed by atoms with Gasteiger partial charge in [-0.2, -0.15) is 11.8 Å². The van der Waals surface area contributed by atoms with Crippen LogP contribution < -0.4 is 69.3 Å². The smallest absolute Gasteiger partial charge is 0.550 e. The molecule has 0 N–H and O–H groups in total. The fourth-order valence-corrected chi connectivity index (χ4v) is 1.34. The van der Waals surface area contributed by atoms with Crippen LogP contribution in [0.3, 0.4) is 0 Å². The number of rotatable bonds is 4. The van der Waals surface area contributed by atoms with Crippen LogP contribution in [0.1, 0.15) is 6.92 Å². The molecule has 7 heteroatoms. The number of carbonyl (C=O) groups excluding carboxylic acids is 2. The van der Waals surface area contributed by atoms with E-state index >= 15 is 0 Å². The molecule has 64 valence electrons. The van der Waals surface area contributed by atoms with Gasteiger partial charge in [0.05, 0.1) is 11.2 Å². The largest absolute Gasteiger partial charge is 1.00 e. The molecule has 0 heterocycles. The summed E-state index contributed by atoms with van der Waals surface area (Å²) in [6, 6.07) is 0. The van der Waals surface area contributed by atoms with Gasteiger partial charge in [0, 0.05) is 11.9 Å². The van der Waals surface area contributed by atoms with Gasteiger partial charge in [0.15, 0.2) is 0 Å². The average Bonchev–Trinajstić information content (AvgIpc) is 1.88. The Morgan fingerprint density at radius 3 is 1.62 bits per heavy atom. The number of hydrogen-bond donors (Lipinski definition) is 0. The number of thioether (sulfide) groups is 1. The molecule has 0 radical (unpaired) electrons. The second-order valence-corrected chi connectivity index (χ2v) is 3.06. The Bertz CT molecular complexity index is 176. The van der Waals surface area contributed by atoms with Crippen LogP contribution in [0.4, 0.5) is 0 Å². The van der Waals surface area contributed by atoms with Gasteiger partial charge < -0.3 is 19.8 Å². The van der Waals surface area contributed by atoms with Crippen molar-refractivity contribution in [2.75, 3.05) is 6.26 Å². The normalized spacial score (nSPS) is 13.1. The minimum atomic E-state index is -1.37. The van der Waals surface area contributed by atoms with Gasteiger partial charge in [-0.15, -0.1) is 0 Å². The molecule has 2 unspecified atom stereocenters. The number of aliphatic carboxylic acids is 2. The second-order valence-electron chi connectivity index (χ2n) is 2.08. The molecule has 4 nitrogen and oxygen atoms in total. The fraction of sp³-hybridized carbons (Fsp3) is 0.667. The molecule has 0 saturated carbocycles. The van der Waals surface area contributed by atoms with Gasteiger partial charge in [0.25, 0.3) is 0 Å². The topological polar surface area (TPSA) is 80.3 Å². The maximum absolute atomic E-state index is 10.3. The van der Waals surface area contributed by atoms with Crippen molar-refractivity contribution in [3.8, 4) is 0 Å². The molecular weight excluding hydrogens is 214 g/mol. The predicted molar refractivity (Wildman–Crippen MR) is 36.5 cm³/mol. The summed E-state index contributed by atoms with van der Waals surface area (Å²) in [6.07, 6.45) is 1.51. The van der Waals surface area contributed by atoms with Gasteiger partial charge in [-0.05, 0) is 6.26 Å². The molecule has 0 amide bonds. The third-order valence-electron chi connectivity index (χ3n) is 1.31. The molecule has 0 aromatic carbocycles. The van der Waals surface area contributed by atoms with Crippen molar-refractivity contribution in [3.63, 3.8) is 0 Å². The Labute approximate surface area is 125 Å². The molecule has 0 aromatic rings. The zero-order valence-electron chi connectivity index (χ0n) is 8.20. The van der Waals surface area contributed by atoms with E-state index in [-0.39, 0.29) is 59.1 Å². The van der Waals surface area contributed by atoms with Gasteiger partial charge in [-0.3, -0.25) is 0 Å². The maximum Gasteiger partial charge on any atom is 1.00 e. The summed E-state index contributed by atoms with van der Waals surface area (Å²) in [5.41, 5.74) is 0. The Morgan fingerprint density at radius 2 is 1.54 bits per heavy atom. The van der Waals surface area contributed by atoms with Crippen LogP contribution in [-0.4, -0.2) is 23.4 Å². The molecule has 0 aliphatic rings. The molecule has 0 fully saturated rings. The Morgan fingerprint density at radius 1 is 1.15 bits per heavy atom. The first kappa shape index (κ1) is 19.8. The van der Waals surface area contributed by atoms with Crippen molar-refractivity contribution >= 4 is 23.7 Å². The van der Waals surface area contributed by atoms with Gasteiger partial charge in [0.2, 0.25) is 0 Å². The first-order valence-electron chi connectivity index (χ1n) is 2.95. The third-order valence-corrected chi connectivity index (χ3v) is 2.42. The summed E-state index contributed by atoms with van der Waals surface area (Å²) >= 11 is 0.932. The number of carboxylic acid groups (broad SMARTS) is 2. The van der Waals surface area contributed by atoms with E-state index in [9.17, 15) is 19.8 Å². The molecule has 0 aromatic heterocycles. The SMILES string of the molecule is CSC(C(=O)[O-])C(C)C(=O)[O-].[Na+].[Na+]. The van der Waals surface area contributed by atoms with E-state index in [1.54, 1.807) is 0 Å². The first-order chi connectivity index (χ1) is 5.00. The van der Waals surface area contributed by atoms with E-state index < -0.39 is 23.1 Å². The van der Waals surface area contributed by atoms with Gasteiger partial charge in [-0.1, -0.05) is 6.92 Å². The fourth-order valence-electron chi connectivity index (χ4n) is 0.628. The zero-order chi connectivity index (χ0) is 9.02. The van der Waals surface area contributed by atoms with Crippen molar-refractivity contribution in [2.45, 2.75) is 12.2 Å². The molecule has 0 spiro atoms. The van der Waals surface area contributed by atoms with Crippen molar-refractivity contribution in [1.82, 2.24) is 0 Å². The summed E-state index contributed by atoms with van der Waals surface area (Å²) in [7, 11) is 0. The van der Waals surface area contributed by atoms with E-state index in [1.807, 2.05) is 0 Å². The molecule has 0 aliphatic carbocycles. The van der Waals surface area contributed by atoms with Crippen molar-refractivity contribution < 1.29 is 78.9 Å². The standard InChI is InChI=1S/C6H10O4S.2Na/c1-3(5(7)8)4(11-2)6(9)10;;/h3-4H,1-2H3,(H,7,8)(H,9,10);;/q;2*+1/p-2. The van der Waals surface area contributed by atoms with Gasteiger partial charge in [-0.25, -0.2) is 0 Å². The van der Waals surface area contributed by atoms with Crippen LogP contribution in [0.25, 0.3) is 0 Å². The van der Waals surface area contributed by atoms with Crippen molar-refractivity contribution in [3.05, 3.63) is 0 Å². The van der Waals surface area contributed by atoms with Crippen LogP contribution in [0.15, 0.2) is 0 Å². The number of carboxylic acids is 2. The summed E-state index contributed by atoms with van der Waals surface area (Å²) in [5.74, 6) is -3.75. The van der Waals surface area contributed by atoms with E-state index in [0.29, 0.717) is 0 Å². The van der Waals surface area contributed by atoms with Crippen LogP contribution in [0, 0.1) is 5.92 Å². The van der Waals surface area contributed by atoms with E-state index in [4.69, 9.17) is 0 Å². The number of hydrogen-bond acceptors (Lipinski definition) is 5. The van der Waals surface area contributed by atoms with Crippen molar-refractivity contribution in [2.24, 2.45) is 5.92 Å². The Kier molecular flexibility index (Phi) is 15.0. The van der Waals surface area contributed by atoms with Crippen LogP contribution in [0.2, 0.25) is 0 Å². The first-order valence-corrected chi connectivity index (χ1v) is 4.24. The molecule has 0 saturated heterocycles. The molecule has 0 rings (SSSR count). The quantitative estimate of drug-likeness (QED) is 0.441. The molecular formula is C6H8Na2O4S. The second kappa shape index (κ2) is 9.83. The molecule has 13 heavy (non-hydrogen) atoms. The Balaban J connectivity index is -0.000000500. The van der Waals surface area contributed by atoms with Crippen LogP contribution in [-0.2, 0) is 9.59 Å². The van der Waals surface area contributed by atoms with E-state index in [0.717, 1.165) is 11.8 Å². The summed E-state index contributed by atoms with van der Waals surface area (Å²) in [5, 5.41) is 19.4. The van der Waals surface area contributed by atoms with Crippen molar-refractivity contribution in [1.29, 1.82) is 0 Å². The third kappa shape index (κ3) is 7.25. The Hall–Kier alpha value is 1.29. The molecule has 0 bridgehead atoms. The van der Waals surface area contributed by atoms with E-state index in [1.165, 1.54) is 13.2 Å². The van der Waals surface area contributed by atoms with Crippen LogP contribution >= 0.6 is 11.8 Å². The summed E-state index contributed by atoms with van der Waals surface area (Å²) in [6.45, 7) is 1.28. The minimum absolute atomic E-state index is 0. The van der Waals surface area contributed by atoms with Crippen LogP contribution in [0.5, 0.6) is 0 Å². The average molecular weight is 222 g/mol. The molecule has 2 atom stereocenters.